The number of aromatic nitrogens is 1. The molecule has 0 saturated carbocycles. The van der Waals surface area contributed by atoms with E-state index in [-0.39, 0.29) is 0 Å². The highest BCUT2D eigenvalue weighted by Gasteiger charge is 2.12. The number of nitrogens with two attached hydrogens (primary N) is 1. The summed E-state index contributed by atoms with van der Waals surface area (Å²) in [6.07, 6.45) is 0. The van der Waals surface area contributed by atoms with Crippen LogP contribution in [0, 0.1) is 6.92 Å². The first-order valence-corrected chi connectivity index (χ1v) is 5.06. The van der Waals surface area contributed by atoms with Crippen molar-refractivity contribution in [3.05, 3.63) is 17.8 Å². The zero-order chi connectivity index (χ0) is 10.7. The van der Waals surface area contributed by atoms with E-state index in [9.17, 15) is 0 Å². The van der Waals surface area contributed by atoms with E-state index in [2.05, 4.69) is 30.7 Å². The van der Waals surface area contributed by atoms with Crippen molar-refractivity contribution >= 4 is 11.5 Å². The fourth-order valence-corrected chi connectivity index (χ4v) is 1.54. The molecular weight excluding hydrogens is 174 g/mol. The molecule has 14 heavy (non-hydrogen) atoms. The molecule has 1 aromatic rings. The summed E-state index contributed by atoms with van der Waals surface area (Å²) in [5.41, 5.74) is 7.66. The summed E-state index contributed by atoms with van der Waals surface area (Å²) in [5.74, 6) is 0.905. The zero-order valence-electron chi connectivity index (χ0n) is 9.41. The SMILES string of the molecule is CCN(c1nc(C)ccc1N)C(C)C. The van der Waals surface area contributed by atoms with Gasteiger partial charge in [0.2, 0.25) is 0 Å². The third-order valence-electron chi connectivity index (χ3n) is 2.28. The van der Waals surface area contributed by atoms with Crippen LogP contribution < -0.4 is 10.6 Å². The van der Waals surface area contributed by atoms with E-state index in [0.29, 0.717) is 6.04 Å². The molecular formula is C11H19N3. The average molecular weight is 193 g/mol. The molecule has 0 bridgehead atoms. The molecule has 1 rings (SSSR count). The summed E-state index contributed by atoms with van der Waals surface area (Å²) in [5, 5.41) is 0. The number of hydrogen-bond acceptors (Lipinski definition) is 3. The lowest BCUT2D eigenvalue weighted by Crippen LogP contribution is -2.31. The molecule has 1 aromatic heterocycles. The van der Waals surface area contributed by atoms with E-state index in [1.165, 1.54) is 0 Å². The van der Waals surface area contributed by atoms with Gasteiger partial charge in [-0.3, -0.25) is 0 Å². The van der Waals surface area contributed by atoms with E-state index in [4.69, 9.17) is 5.73 Å². The van der Waals surface area contributed by atoms with Gasteiger partial charge in [-0.15, -0.1) is 0 Å². The van der Waals surface area contributed by atoms with Crippen LogP contribution in [0.5, 0.6) is 0 Å². The molecule has 0 spiro atoms. The number of pyridine rings is 1. The average Bonchev–Trinajstić information content (AvgIpc) is 2.11. The molecule has 3 heteroatoms. The zero-order valence-corrected chi connectivity index (χ0v) is 9.41. The van der Waals surface area contributed by atoms with Gasteiger partial charge in [-0.2, -0.15) is 0 Å². The monoisotopic (exact) mass is 193 g/mol. The fourth-order valence-electron chi connectivity index (χ4n) is 1.54. The van der Waals surface area contributed by atoms with Crippen molar-refractivity contribution in [2.45, 2.75) is 33.7 Å². The summed E-state index contributed by atoms with van der Waals surface area (Å²) in [6.45, 7) is 9.32. The van der Waals surface area contributed by atoms with E-state index >= 15 is 0 Å². The highest BCUT2D eigenvalue weighted by molar-refractivity contribution is 5.63. The molecule has 0 aromatic carbocycles. The van der Waals surface area contributed by atoms with Gasteiger partial charge >= 0.3 is 0 Å². The molecule has 0 saturated heterocycles. The van der Waals surface area contributed by atoms with Crippen LogP contribution in [0.3, 0.4) is 0 Å². The first kappa shape index (κ1) is 10.8. The van der Waals surface area contributed by atoms with Crippen molar-refractivity contribution < 1.29 is 0 Å². The van der Waals surface area contributed by atoms with E-state index in [1.54, 1.807) is 0 Å². The van der Waals surface area contributed by atoms with Gasteiger partial charge in [-0.25, -0.2) is 4.98 Å². The molecule has 2 N–H and O–H groups in total. The third-order valence-corrected chi connectivity index (χ3v) is 2.28. The van der Waals surface area contributed by atoms with Crippen molar-refractivity contribution in [2.24, 2.45) is 0 Å². The second-order valence-electron chi connectivity index (χ2n) is 3.75. The van der Waals surface area contributed by atoms with E-state index in [0.717, 1.165) is 23.7 Å². The Bertz CT molecular complexity index is 307. The van der Waals surface area contributed by atoms with Crippen molar-refractivity contribution in [1.29, 1.82) is 0 Å². The van der Waals surface area contributed by atoms with Crippen LogP contribution in [0.4, 0.5) is 11.5 Å². The first-order chi connectivity index (χ1) is 6.56. The number of nitrogens with zero attached hydrogens (tertiary/aromatic N) is 2. The smallest absolute Gasteiger partial charge is 0.152 e. The summed E-state index contributed by atoms with van der Waals surface area (Å²) < 4.78 is 0. The standard InChI is InChI=1S/C11H19N3/c1-5-14(8(2)3)11-10(12)7-6-9(4)13-11/h6-8H,5,12H2,1-4H3. The van der Waals surface area contributed by atoms with Gasteiger partial charge in [-0.05, 0) is 39.8 Å². The Morgan fingerprint density at radius 1 is 1.43 bits per heavy atom. The Kier molecular flexibility index (Phi) is 3.33. The van der Waals surface area contributed by atoms with Crippen LogP contribution in [0.15, 0.2) is 12.1 Å². The van der Waals surface area contributed by atoms with Crippen LogP contribution in [0.2, 0.25) is 0 Å². The Labute approximate surface area is 85.9 Å². The highest BCUT2D eigenvalue weighted by atomic mass is 15.2. The quantitative estimate of drug-likeness (QED) is 0.800. The first-order valence-electron chi connectivity index (χ1n) is 5.06. The van der Waals surface area contributed by atoms with Crippen molar-refractivity contribution in [1.82, 2.24) is 4.98 Å². The Balaban J connectivity index is 3.08. The molecule has 0 aliphatic carbocycles. The molecule has 0 radical (unpaired) electrons. The number of anilines is 2. The minimum absolute atomic E-state index is 0.427. The van der Waals surface area contributed by atoms with Gasteiger partial charge in [0.25, 0.3) is 0 Å². The van der Waals surface area contributed by atoms with Gasteiger partial charge in [0.15, 0.2) is 5.82 Å². The molecule has 3 nitrogen and oxygen atoms in total. The maximum absolute atomic E-state index is 5.90. The fraction of sp³-hybridized carbons (Fsp3) is 0.545. The largest absolute Gasteiger partial charge is 0.396 e. The van der Waals surface area contributed by atoms with Crippen LogP contribution >= 0.6 is 0 Å². The second kappa shape index (κ2) is 4.31. The Morgan fingerprint density at radius 2 is 2.07 bits per heavy atom. The number of aryl methyl sites for hydroxylation is 1. The molecule has 0 unspecified atom stereocenters. The van der Waals surface area contributed by atoms with Gasteiger partial charge in [-0.1, -0.05) is 0 Å². The van der Waals surface area contributed by atoms with E-state index < -0.39 is 0 Å². The lowest BCUT2D eigenvalue weighted by Gasteiger charge is -2.27. The predicted octanol–water partition coefficient (Wildman–Crippen LogP) is 2.21. The minimum atomic E-state index is 0.427. The molecule has 0 aliphatic heterocycles. The van der Waals surface area contributed by atoms with Crippen molar-refractivity contribution in [3.63, 3.8) is 0 Å². The maximum Gasteiger partial charge on any atom is 0.152 e. The molecule has 0 atom stereocenters. The predicted molar refractivity (Wildman–Crippen MR) is 61.5 cm³/mol. The molecule has 0 fully saturated rings. The normalized spacial score (nSPS) is 10.6. The van der Waals surface area contributed by atoms with Gasteiger partial charge in [0, 0.05) is 18.3 Å². The molecule has 0 aliphatic rings. The summed E-state index contributed by atoms with van der Waals surface area (Å²) in [7, 11) is 0. The highest BCUT2D eigenvalue weighted by Crippen LogP contribution is 2.22. The molecule has 78 valence electrons. The number of hydrogen-bond donors (Lipinski definition) is 1. The van der Waals surface area contributed by atoms with Crippen LogP contribution in [0.1, 0.15) is 26.5 Å². The molecule has 0 amide bonds. The third kappa shape index (κ3) is 2.16. The van der Waals surface area contributed by atoms with Crippen LogP contribution in [0.25, 0.3) is 0 Å². The topological polar surface area (TPSA) is 42.2 Å². The molecule has 1 heterocycles. The van der Waals surface area contributed by atoms with Gasteiger partial charge in [0.05, 0.1) is 5.69 Å². The number of nitrogen functional groups attached to an aromatic ring is 1. The van der Waals surface area contributed by atoms with Crippen molar-refractivity contribution in [3.8, 4) is 0 Å². The van der Waals surface area contributed by atoms with Crippen LogP contribution in [-0.4, -0.2) is 17.6 Å². The lowest BCUT2D eigenvalue weighted by atomic mass is 10.2. The summed E-state index contributed by atoms with van der Waals surface area (Å²) in [6, 6.07) is 4.28. The minimum Gasteiger partial charge on any atom is -0.396 e. The summed E-state index contributed by atoms with van der Waals surface area (Å²) >= 11 is 0. The number of rotatable bonds is 3. The van der Waals surface area contributed by atoms with Gasteiger partial charge < -0.3 is 10.6 Å². The van der Waals surface area contributed by atoms with Gasteiger partial charge in [0.1, 0.15) is 0 Å². The van der Waals surface area contributed by atoms with E-state index in [1.807, 2.05) is 19.1 Å². The maximum atomic E-state index is 5.90. The lowest BCUT2D eigenvalue weighted by molar-refractivity contribution is 0.693. The van der Waals surface area contributed by atoms with Crippen molar-refractivity contribution in [2.75, 3.05) is 17.2 Å². The second-order valence-corrected chi connectivity index (χ2v) is 3.75. The van der Waals surface area contributed by atoms with Crippen LogP contribution in [-0.2, 0) is 0 Å². The summed E-state index contributed by atoms with van der Waals surface area (Å²) in [4.78, 5) is 6.66. The Morgan fingerprint density at radius 3 is 2.57 bits per heavy atom. The Hall–Kier alpha value is -1.25.